The molecule has 0 saturated heterocycles. The summed E-state index contributed by atoms with van der Waals surface area (Å²) in [6, 6.07) is 60.7. The van der Waals surface area contributed by atoms with Crippen LogP contribution >= 0.6 is 11.3 Å². The van der Waals surface area contributed by atoms with Gasteiger partial charge in [0.05, 0.1) is 5.69 Å². The number of fused-ring (bicyclic) bond motifs is 5. The second-order valence-electron chi connectivity index (χ2n) is 10.6. The molecule has 1 heterocycles. The number of benzene rings is 7. The highest BCUT2D eigenvalue weighted by atomic mass is 32.1. The van der Waals surface area contributed by atoms with E-state index in [1.807, 2.05) is 11.3 Å². The standard InChI is InChI=1S/C40H28N2S/c1-5-15-29(16-6-1)41(30-17-7-2-8-18-30)33-25-26-38-36(27-33)40-35-24-14-13-23-34(35)37(28-39(40)43-38)42(31-19-9-3-10-20-31)32-21-11-4-12-22-32/h1-28H. The highest BCUT2D eigenvalue weighted by molar-refractivity contribution is 7.26. The van der Waals surface area contributed by atoms with Crippen molar-refractivity contribution in [1.82, 2.24) is 0 Å². The zero-order valence-electron chi connectivity index (χ0n) is 23.5. The second-order valence-corrected chi connectivity index (χ2v) is 11.7. The molecule has 0 atom stereocenters. The van der Waals surface area contributed by atoms with Crippen molar-refractivity contribution in [1.29, 1.82) is 0 Å². The van der Waals surface area contributed by atoms with E-state index in [2.05, 4.69) is 180 Å². The molecule has 3 heteroatoms. The molecule has 43 heavy (non-hydrogen) atoms. The van der Waals surface area contributed by atoms with E-state index in [1.54, 1.807) is 0 Å². The monoisotopic (exact) mass is 568 g/mol. The van der Waals surface area contributed by atoms with Crippen molar-refractivity contribution in [3.05, 3.63) is 170 Å². The predicted octanol–water partition coefficient (Wildman–Crippen LogP) is 12.1. The first-order chi connectivity index (χ1) is 21.3. The Kier molecular flexibility index (Phi) is 6.36. The maximum Gasteiger partial charge on any atom is 0.0554 e. The summed E-state index contributed by atoms with van der Waals surface area (Å²) in [5, 5.41) is 5.09. The Morgan fingerprint density at radius 1 is 0.326 bits per heavy atom. The molecule has 0 aliphatic carbocycles. The van der Waals surface area contributed by atoms with Crippen LogP contribution in [0.1, 0.15) is 0 Å². The number of hydrogen-bond acceptors (Lipinski definition) is 3. The first-order valence-electron chi connectivity index (χ1n) is 14.5. The van der Waals surface area contributed by atoms with Gasteiger partial charge in [-0.3, -0.25) is 0 Å². The van der Waals surface area contributed by atoms with Crippen molar-refractivity contribution in [3.63, 3.8) is 0 Å². The minimum atomic E-state index is 1.14. The molecular formula is C40H28N2S. The lowest BCUT2D eigenvalue weighted by atomic mass is 10.0. The van der Waals surface area contributed by atoms with Gasteiger partial charge in [0.2, 0.25) is 0 Å². The van der Waals surface area contributed by atoms with Gasteiger partial charge in [-0.25, -0.2) is 0 Å². The van der Waals surface area contributed by atoms with Crippen LogP contribution < -0.4 is 9.80 Å². The number of para-hydroxylation sites is 4. The topological polar surface area (TPSA) is 6.48 Å². The van der Waals surface area contributed by atoms with Gasteiger partial charge in [-0.2, -0.15) is 0 Å². The summed E-state index contributed by atoms with van der Waals surface area (Å²) in [5.41, 5.74) is 6.89. The third-order valence-electron chi connectivity index (χ3n) is 8.00. The van der Waals surface area contributed by atoms with Gasteiger partial charge in [0.1, 0.15) is 0 Å². The molecule has 0 fully saturated rings. The second kappa shape index (κ2) is 10.8. The van der Waals surface area contributed by atoms with Gasteiger partial charge in [-0.05, 0) is 78.2 Å². The highest BCUT2D eigenvalue weighted by Gasteiger charge is 2.20. The van der Waals surface area contributed by atoms with Crippen LogP contribution in [0.4, 0.5) is 34.1 Å². The lowest BCUT2D eigenvalue weighted by Crippen LogP contribution is -2.10. The minimum Gasteiger partial charge on any atom is -0.310 e. The van der Waals surface area contributed by atoms with E-state index in [0.717, 1.165) is 28.4 Å². The largest absolute Gasteiger partial charge is 0.310 e. The van der Waals surface area contributed by atoms with E-state index in [0.29, 0.717) is 0 Å². The van der Waals surface area contributed by atoms with E-state index in [4.69, 9.17) is 0 Å². The molecule has 8 aromatic rings. The van der Waals surface area contributed by atoms with Crippen molar-refractivity contribution in [2.45, 2.75) is 0 Å². The first kappa shape index (κ1) is 25.3. The molecule has 0 aliphatic rings. The van der Waals surface area contributed by atoms with E-state index in [9.17, 15) is 0 Å². The summed E-state index contributed by atoms with van der Waals surface area (Å²) in [5.74, 6) is 0. The Morgan fingerprint density at radius 2 is 0.791 bits per heavy atom. The zero-order chi connectivity index (χ0) is 28.6. The Bertz CT molecular complexity index is 2090. The fraction of sp³-hybridized carbons (Fsp3) is 0. The molecule has 0 radical (unpaired) electrons. The lowest BCUT2D eigenvalue weighted by Gasteiger charge is -2.27. The summed E-state index contributed by atoms with van der Waals surface area (Å²) in [6.07, 6.45) is 0. The number of thiophene rings is 1. The van der Waals surface area contributed by atoms with Crippen LogP contribution in [0.15, 0.2) is 170 Å². The van der Waals surface area contributed by atoms with Gasteiger partial charge in [-0.1, -0.05) is 97.1 Å². The fourth-order valence-corrected chi connectivity index (χ4v) is 7.25. The van der Waals surface area contributed by atoms with Crippen LogP contribution in [-0.2, 0) is 0 Å². The Hall–Kier alpha value is -5.38. The lowest BCUT2D eigenvalue weighted by molar-refractivity contribution is 1.29. The van der Waals surface area contributed by atoms with E-state index in [1.165, 1.54) is 36.6 Å². The summed E-state index contributed by atoms with van der Waals surface area (Å²) in [6.45, 7) is 0. The van der Waals surface area contributed by atoms with Crippen molar-refractivity contribution < 1.29 is 0 Å². The average molecular weight is 569 g/mol. The third kappa shape index (κ3) is 4.51. The molecule has 0 N–H and O–H groups in total. The van der Waals surface area contributed by atoms with Crippen molar-refractivity contribution in [2.75, 3.05) is 9.80 Å². The van der Waals surface area contributed by atoms with Gasteiger partial charge in [0.15, 0.2) is 0 Å². The average Bonchev–Trinajstić information content (AvgIpc) is 3.45. The molecule has 2 nitrogen and oxygen atoms in total. The maximum absolute atomic E-state index is 2.38. The SMILES string of the molecule is c1ccc(N(c2ccccc2)c2ccc3sc4cc(N(c5ccccc5)c5ccccc5)c5ccccc5c4c3c2)cc1. The van der Waals surface area contributed by atoms with Gasteiger partial charge >= 0.3 is 0 Å². The highest BCUT2D eigenvalue weighted by Crippen LogP contribution is 2.47. The van der Waals surface area contributed by atoms with Crippen LogP contribution in [0, 0.1) is 0 Å². The smallest absolute Gasteiger partial charge is 0.0554 e. The number of hydrogen-bond donors (Lipinski definition) is 0. The Labute approximate surface area is 255 Å². The quantitative estimate of drug-likeness (QED) is 0.197. The van der Waals surface area contributed by atoms with Crippen molar-refractivity contribution >= 4 is 76.4 Å². The normalized spacial score (nSPS) is 11.3. The fourth-order valence-electron chi connectivity index (χ4n) is 6.12. The van der Waals surface area contributed by atoms with E-state index >= 15 is 0 Å². The Morgan fingerprint density at radius 3 is 1.33 bits per heavy atom. The zero-order valence-corrected chi connectivity index (χ0v) is 24.3. The molecule has 0 spiro atoms. The van der Waals surface area contributed by atoms with Crippen LogP contribution in [0.5, 0.6) is 0 Å². The molecule has 0 amide bonds. The van der Waals surface area contributed by atoms with E-state index < -0.39 is 0 Å². The van der Waals surface area contributed by atoms with E-state index in [-0.39, 0.29) is 0 Å². The van der Waals surface area contributed by atoms with Gasteiger partial charge in [-0.15, -0.1) is 11.3 Å². The molecule has 0 bridgehead atoms. The minimum absolute atomic E-state index is 1.14. The number of nitrogens with zero attached hydrogens (tertiary/aromatic N) is 2. The Balaban J connectivity index is 1.38. The van der Waals surface area contributed by atoms with Crippen LogP contribution in [0.25, 0.3) is 30.9 Å². The molecule has 1 aromatic heterocycles. The molecular weight excluding hydrogens is 541 g/mol. The van der Waals surface area contributed by atoms with Gasteiger partial charge in [0, 0.05) is 54.0 Å². The summed E-state index contributed by atoms with van der Waals surface area (Å²) in [7, 11) is 0. The molecule has 204 valence electrons. The number of rotatable bonds is 6. The third-order valence-corrected chi connectivity index (χ3v) is 9.11. The molecule has 0 saturated carbocycles. The summed E-state index contributed by atoms with van der Waals surface area (Å²) >= 11 is 1.87. The first-order valence-corrected chi connectivity index (χ1v) is 15.4. The van der Waals surface area contributed by atoms with Crippen LogP contribution in [0.3, 0.4) is 0 Å². The van der Waals surface area contributed by atoms with Crippen LogP contribution in [-0.4, -0.2) is 0 Å². The van der Waals surface area contributed by atoms with Crippen molar-refractivity contribution in [3.8, 4) is 0 Å². The molecule has 0 unspecified atom stereocenters. The summed E-state index contributed by atoms with van der Waals surface area (Å²) < 4.78 is 2.57. The van der Waals surface area contributed by atoms with Crippen molar-refractivity contribution in [2.24, 2.45) is 0 Å². The molecule has 8 rings (SSSR count). The molecule has 7 aromatic carbocycles. The van der Waals surface area contributed by atoms with Gasteiger partial charge < -0.3 is 9.80 Å². The summed E-state index contributed by atoms with van der Waals surface area (Å²) in [4.78, 5) is 4.72. The number of anilines is 6. The van der Waals surface area contributed by atoms with Crippen LogP contribution in [0.2, 0.25) is 0 Å². The molecule has 0 aliphatic heterocycles. The maximum atomic E-state index is 2.38. The predicted molar refractivity (Wildman–Crippen MR) is 186 cm³/mol. The van der Waals surface area contributed by atoms with Gasteiger partial charge in [0.25, 0.3) is 0 Å².